The molecule has 0 saturated carbocycles. The first-order chi connectivity index (χ1) is 10.8. The number of hydrogen-bond donors (Lipinski definition) is 0. The predicted octanol–water partition coefficient (Wildman–Crippen LogP) is 1.68. The van der Waals surface area contributed by atoms with Crippen LogP contribution in [0.3, 0.4) is 0 Å². The molecular formula is C15H13F3N2O3. The summed E-state index contributed by atoms with van der Waals surface area (Å²) < 4.78 is 38.0. The van der Waals surface area contributed by atoms with Crippen molar-refractivity contribution in [2.24, 2.45) is 0 Å². The lowest BCUT2D eigenvalue weighted by Gasteiger charge is -2.43. The standard InChI is InChI=1S/C15H13F3N2O3/c16-15(17,18)10-3-1-2-9(6-10)14(23)19-7-11(8-19)20-12(21)4-5-13(20)22/h1-3,6,11H,4-5,7-8H2. The molecular weight excluding hydrogens is 313 g/mol. The van der Waals surface area contributed by atoms with E-state index >= 15 is 0 Å². The first kappa shape index (κ1) is 15.5. The van der Waals surface area contributed by atoms with Crippen molar-refractivity contribution in [1.29, 1.82) is 0 Å². The lowest BCUT2D eigenvalue weighted by Crippen LogP contribution is -2.62. The van der Waals surface area contributed by atoms with E-state index in [2.05, 4.69) is 0 Å². The van der Waals surface area contributed by atoms with Crippen LogP contribution < -0.4 is 0 Å². The molecule has 2 saturated heterocycles. The maximum Gasteiger partial charge on any atom is 0.416 e. The molecule has 122 valence electrons. The number of hydrogen-bond acceptors (Lipinski definition) is 3. The Morgan fingerprint density at radius 2 is 1.70 bits per heavy atom. The molecule has 0 spiro atoms. The minimum atomic E-state index is -4.51. The van der Waals surface area contributed by atoms with Gasteiger partial charge >= 0.3 is 6.18 Å². The van der Waals surface area contributed by atoms with Crippen LogP contribution in [0.25, 0.3) is 0 Å². The summed E-state index contributed by atoms with van der Waals surface area (Å²) in [6.07, 6.45) is -4.16. The fourth-order valence-corrected chi connectivity index (χ4v) is 2.80. The van der Waals surface area contributed by atoms with Crippen molar-refractivity contribution >= 4 is 17.7 Å². The molecule has 2 aliphatic heterocycles. The molecule has 0 aliphatic carbocycles. The van der Waals surface area contributed by atoms with Gasteiger partial charge in [0.25, 0.3) is 5.91 Å². The highest BCUT2D eigenvalue weighted by Gasteiger charge is 2.43. The van der Waals surface area contributed by atoms with Crippen LogP contribution in [0.1, 0.15) is 28.8 Å². The van der Waals surface area contributed by atoms with E-state index in [4.69, 9.17) is 0 Å². The maximum absolute atomic E-state index is 12.7. The van der Waals surface area contributed by atoms with E-state index in [-0.39, 0.29) is 49.4 Å². The number of halogens is 3. The van der Waals surface area contributed by atoms with Crippen LogP contribution in [0.15, 0.2) is 24.3 Å². The van der Waals surface area contributed by atoms with Crippen LogP contribution >= 0.6 is 0 Å². The zero-order valence-electron chi connectivity index (χ0n) is 12.0. The van der Waals surface area contributed by atoms with Gasteiger partial charge in [-0.25, -0.2) is 0 Å². The van der Waals surface area contributed by atoms with Crippen molar-refractivity contribution in [1.82, 2.24) is 9.80 Å². The third kappa shape index (κ3) is 2.80. The Kier molecular flexibility index (Phi) is 3.62. The van der Waals surface area contributed by atoms with Gasteiger partial charge in [0, 0.05) is 31.5 Å². The summed E-state index contributed by atoms with van der Waals surface area (Å²) in [5.74, 6) is -1.05. The molecule has 5 nitrogen and oxygen atoms in total. The summed E-state index contributed by atoms with van der Waals surface area (Å²) in [6, 6.07) is 3.84. The molecule has 2 aliphatic rings. The first-order valence-corrected chi connectivity index (χ1v) is 7.09. The number of nitrogens with zero attached hydrogens (tertiary/aromatic N) is 2. The minimum Gasteiger partial charge on any atom is -0.334 e. The molecule has 0 atom stereocenters. The first-order valence-electron chi connectivity index (χ1n) is 7.09. The molecule has 8 heteroatoms. The number of likely N-dealkylation sites (tertiary alicyclic amines) is 2. The number of benzene rings is 1. The third-order valence-electron chi connectivity index (χ3n) is 4.04. The van der Waals surface area contributed by atoms with Gasteiger partial charge in [-0.1, -0.05) is 6.07 Å². The second-order valence-corrected chi connectivity index (χ2v) is 5.60. The Hall–Kier alpha value is -2.38. The Morgan fingerprint density at radius 3 is 2.26 bits per heavy atom. The molecule has 2 fully saturated rings. The SMILES string of the molecule is O=C(c1cccc(C(F)(F)F)c1)N1CC(N2C(=O)CCC2=O)C1. The van der Waals surface area contributed by atoms with Crippen LogP contribution in [0.5, 0.6) is 0 Å². The second-order valence-electron chi connectivity index (χ2n) is 5.60. The van der Waals surface area contributed by atoms with Crippen LogP contribution in [0.2, 0.25) is 0 Å². The smallest absolute Gasteiger partial charge is 0.334 e. The average Bonchev–Trinajstić information content (AvgIpc) is 2.77. The van der Waals surface area contributed by atoms with E-state index in [9.17, 15) is 27.6 Å². The van der Waals surface area contributed by atoms with Gasteiger partial charge in [0.15, 0.2) is 0 Å². The molecule has 3 amide bonds. The zero-order chi connectivity index (χ0) is 16.8. The van der Waals surface area contributed by atoms with E-state index in [0.717, 1.165) is 17.0 Å². The third-order valence-corrected chi connectivity index (χ3v) is 4.04. The molecule has 0 bridgehead atoms. The van der Waals surface area contributed by atoms with Crippen LogP contribution in [-0.4, -0.2) is 46.7 Å². The Balaban J connectivity index is 1.67. The lowest BCUT2D eigenvalue weighted by molar-refractivity contribution is -0.144. The quantitative estimate of drug-likeness (QED) is 0.777. The van der Waals surface area contributed by atoms with E-state index in [1.165, 1.54) is 17.0 Å². The molecule has 0 unspecified atom stereocenters. The van der Waals surface area contributed by atoms with Gasteiger partial charge < -0.3 is 4.90 Å². The van der Waals surface area contributed by atoms with E-state index in [0.29, 0.717) is 0 Å². The number of alkyl halides is 3. The molecule has 0 N–H and O–H groups in total. The summed E-state index contributed by atoms with van der Waals surface area (Å²) >= 11 is 0. The van der Waals surface area contributed by atoms with Crippen LogP contribution in [-0.2, 0) is 15.8 Å². The molecule has 3 rings (SSSR count). The van der Waals surface area contributed by atoms with Crippen molar-refractivity contribution in [2.45, 2.75) is 25.1 Å². The average molecular weight is 326 g/mol. The Bertz CT molecular complexity index is 665. The molecule has 0 aromatic heterocycles. The molecule has 2 heterocycles. The van der Waals surface area contributed by atoms with Crippen molar-refractivity contribution in [3.8, 4) is 0 Å². The maximum atomic E-state index is 12.7. The summed E-state index contributed by atoms with van der Waals surface area (Å²) in [7, 11) is 0. The minimum absolute atomic E-state index is 0.0580. The largest absolute Gasteiger partial charge is 0.416 e. The summed E-state index contributed by atoms with van der Waals surface area (Å²) in [5.41, 5.74) is -0.942. The monoisotopic (exact) mass is 326 g/mol. The van der Waals surface area contributed by atoms with Gasteiger partial charge in [0.1, 0.15) is 0 Å². The highest BCUT2D eigenvalue weighted by molar-refractivity contribution is 6.03. The summed E-state index contributed by atoms with van der Waals surface area (Å²) in [5, 5.41) is 0. The van der Waals surface area contributed by atoms with Crippen LogP contribution in [0, 0.1) is 0 Å². The highest BCUT2D eigenvalue weighted by Crippen LogP contribution is 2.30. The van der Waals surface area contributed by atoms with Crippen molar-refractivity contribution in [3.63, 3.8) is 0 Å². The topological polar surface area (TPSA) is 57.7 Å². The fourth-order valence-electron chi connectivity index (χ4n) is 2.80. The molecule has 0 radical (unpaired) electrons. The molecule has 23 heavy (non-hydrogen) atoms. The van der Waals surface area contributed by atoms with Crippen molar-refractivity contribution < 1.29 is 27.6 Å². The number of amides is 3. The second kappa shape index (κ2) is 5.36. The van der Waals surface area contributed by atoms with Gasteiger partial charge in [0.2, 0.25) is 11.8 Å². The number of carbonyl (C=O) groups is 3. The fraction of sp³-hybridized carbons (Fsp3) is 0.400. The van der Waals surface area contributed by atoms with Crippen molar-refractivity contribution in [2.75, 3.05) is 13.1 Å². The van der Waals surface area contributed by atoms with Gasteiger partial charge in [-0.2, -0.15) is 13.2 Å². The number of imide groups is 1. The van der Waals surface area contributed by atoms with Gasteiger partial charge in [-0.3, -0.25) is 19.3 Å². The van der Waals surface area contributed by atoms with Gasteiger partial charge in [-0.15, -0.1) is 0 Å². The van der Waals surface area contributed by atoms with E-state index in [1.54, 1.807) is 0 Å². The Labute approximate surface area is 129 Å². The summed E-state index contributed by atoms with van der Waals surface area (Å²) in [4.78, 5) is 37.9. The van der Waals surface area contributed by atoms with E-state index < -0.39 is 17.6 Å². The normalized spacial score (nSPS) is 19.3. The van der Waals surface area contributed by atoms with Crippen molar-refractivity contribution in [3.05, 3.63) is 35.4 Å². The Morgan fingerprint density at radius 1 is 1.09 bits per heavy atom. The van der Waals surface area contributed by atoms with E-state index in [1.807, 2.05) is 0 Å². The van der Waals surface area contributed by atoms with Gasteiger partial charge in [0.05, 0.1) is 11.6 Å². The number of rotatable bonds is 2. The lowest BCUT2D eigenvalue weighted by atomic mass is 10.0. The van der Waals surface area contributed by atoms with Gasteiger partial charge in [-0.05, 0) is 18.2 Å². The molecule has 1 aromatic carbocycles. The van der Waals surface area contributed by atoms with Crippen LogP contribution in [0.4, 0.5) is 13.2 Å². The predicted molar refractivity (Wildman–Crippen MR) is 72.2 cm³/mol. The highest BCUT2D eigenvalue weighted by atomic mass is 19.4. The molecule has 1 aromatic rings. The zero-order valence-corrected chi connectivity index (χ0v) is 12.0. The summed E-state index contributed by atoms with van der Waals surface area (Å²) in [6.45, 7) is 0.319. The number of carbonyl (C=O) groups excluding carboxylic acids is 3.